The first-order valence-electron chi connectivity index (χ1n) is 9.91. The molecule has 0 atom stereocenters. The van der Waals surface area contributed by atoms with Gasteiger partial charge in [-0.2, -0.15) is 5.26 Å². The Balaban J connectivity index is 1.87. The highest BCUT2D eigenvalue weighted by Crippen LogP contribution is 2.34. The number of carbonyl (C=O) groups is 1. The average molecular weight is 388 g/mol. The van der Waals surface area contributed by atoms with E-state index in [0.717, 1.165) is 47.5 Å². The van der Waals surface area contributed by atoms with Gasteiger partial charge in [-0.1, -0.05) is 24.3 Å². The summed E-state index contributed by atoms with van der Waals surface area (Å²) in [5.41, 5.74) is 5.96. The number of esters is 1. The summed E-state index contributed by atoms with van der Waals surface area (Å²) in [5, 5.41) is 10.5. The fraction of sp³-hybridized carbons (Fsp3) is 0.348. The minimum Gasteiger partial charge on any atom is -0.465 e. The molecule has 6 nitrogen and oxygen atoms in total. The summed E-state index contributed by atoms with van der Waals surface area (Å²) in [6, 6.07) is 12.4. The van der Waals surface area contributed by atoms with Gasteiger partial charge in [-0.3, -0.25) is 4.79 Å². The van der Waals surface area contributed by atoms with Gasteiger partial charge in [0.25, 0.3) is 0 Å². The molecule has 0 spiro atoms. The number of pyridine rings is 1. The van der Waals surface area contributed by atoms with Crippen molar-refractivity contribution in [2.75, 3.05) is 18.1 Å². The average Bonchev–Trinajstić information content (AvgIpc) is 2.97. The Labute approximate surface area is 170 Å². The fourth-order valence-electron chi connectivity index (χ4n) is 4.13. The zero-order valence-corrected chi connectivity index (χ0v) is 17.0. The van der Waals surface area contributed by atoms with Gasteiger partial charge in [0, 0.05) is 24.2 Å². The lowest BCUT2D eigenvalue weighted by Gasteiger charge is -2.30. The molecule has 0 saturated carbocycles. The van der Waals surface area contributed by atoms with Crippen LogP contribution < -0.4 is 4.90 Å². The predicted octanol–water partition coefficient (Wildman–Crippen LogP) is 3.65. The number of aryl methyl sites for hydroxylation is 1. The van der Waals surface area contributed by atoms with Crippen LogP contribution in [-0.2, 0) is 29.0 Å². The molecule has 3 heterocycles. The topological polar surface area (TPSA) is 71.1 Å². The van der Waals surface area contributed by atoms with Gasteiger partial charge in [0.1, 0.15) is 18.3 Å². The number of aromatic nitrogens is 2. The van der Waals surface area contributed by atoms with Gasteiger partial charge >= 0.3 is 5.97 Å². The maximum absolute atomic E-state index is 12.3. The summed E-state index contributed by atoms with van der Waals surface area (Å²) in [7, 11) is 0. The summed E-state index contributed by atoms with van der Waals surface area (Å²) in [4.78, 5) is 19.2. The van der Waals surface area contributed by atoms with E-state index in [0.29, 0.717) is 12.3 Å². The maximum atomic E-state index is 12.3. The van der Waals surface area contributed by atoms with Gasteiger partial charge < -0.3 is 14.2 Å². The first-order valence-corrected chi connectivity index (χ1v) is 9.91. The highest BCUT2D eigenvalue weighted by atomic mass is 16.5. The second-order valence-electron chi connectivity index (χ2n) is 7.38. The highest BCUT2D eigenvalue weighted by Gasteiger charge is 2.25. The van der Waals surface area contributed by atoms with Gasteiger partial charge in [0.15, 0.2) is 5.82 Å². The van der Waals surface area contributed by atoms with Gasteiger partial charge in [-0.05, 0) is 49.9 Å². The fourth-order valence-corrected chi connectivity index (χ4v) is 4.13. The molecule has 29 heavy (non-hydrogen) atoms. The molecule has 1 aromatic carbocycles. The number of ether oxygens (including phenoxy) is 1. The molecule has 4 rings (SSSR count). The number of fused-ring (bicyclic) bond motifs is 2. The lowest BCUT2D eigenvalue weighted by Crippen LogP contribution is -2.31. The van der Waals surface area contributed by atoms with Crippen LogP contribution in [0.15, 0.2) is 30.3 Å². The van der Waals surface area contributed by atoms with E-state index in [4.69, 9.17) is 4.74 Å². The molecule has 1 aliphatic heterocycles. The molecule has 0 saturated heterocycles. The first kappa shape index (κ1) is 19.0. The molecule has 0 amide bonds. The lowest BCUT2D eigenvalue weighted by atomic mass is 10.00. The molecule has 3 aromatic rings. The molecule has 0 bridgehead atoms. The molecule has 6 heteroatoms. The molecular formula is C23H24N4O2. The third kappa shape index (κ3) is 3.33. The van der Waals surface area contributed by atoms with E-state index in [2.05, 4.69) is 40.2 Å². The number of hydrogen-bond donors (Lipinski definition) is 0. The molecular weight excluding hydrogens is 364 g/mol. The van der Waals surface area contributed by atoms with Crippen molar-refractivity contribution < 1.29 is 9.53 Å². The summed E-state index contributed by atoms with van der Waals surface area (Å²) in [5.74, 6) is 0.487. The Bertz CT molecular complexity index is 1140. The summed E-state index contributed by atoms with van der Waals surface area (Å²) in [6.45, 7) is 7.86. The van der Waals surface area contributed by atoms with Crippen LogP contribution in [-0.4, -0.2) is 28.7 Å². The van der Waals surface area contributed by atoms with Crippen molar-refractivity contribution in [2.24, 2.45) is 0 Å². The SMILES string of the molecule is CCOC(=O)Cn1c(C)c(C)c2cc(C#N)nc(N3CCc4ccccc4C3)c21. The predicted molar refractivity (Wildman–Crippen MR) is 112 cm³/mol. The van der Waals surface area contributed by atoms with Crippen LogP contribution in [0.3, 0.4) is 0 Å². The van der Waals surface area contributed by atoms with E-state index in [-0.39, 0.29) is 12.5 Å². The van der Waals surface area contributed by atoms with Crippen molar-refractivity contribution in [1.82, 2.24) is 9.55 Å². The number of benzene rings is 1. The standard InChI is InChI=1S/C23H24N4O2/c1-4-29-21(28)14-27-16(3)15(2)20-11-19(12-24)25-23(22(20)27)26-10-9-17-7-5-6-8-18(17)13-26/h5-8,11H,4,9-10,13-14H2,1-3H3. The molecule has 0 N–H and O–H groups in total. The van der Waals surface area contributed by atoms with Crippen LogP contribution >= 0.6 is 0 Å². The number of rotatable bonds is 4. The molecule has 1 aliphatic rings. The largest absolute Gasteiger partial charge is 0.465 e. The lowest BCUT2D eigenvalue weighted by molar-refractivity contribution is -0.143. The van der Waals surface area contributed by atoms with Gasteiger partial charge in [0.05, 0.1) is 12.1 Å². The summed E-state index contributed by atoms with van der Waals surface area (Å²) in [6.07, 6.45) is 0.923. The van der Waals surface area contributed by atoms with Gasteiger partial charge in [-0.15, -0.1) is 0 Å². The quantitative estimate of drug-likeness (QED) is 0.638. The molecule has 0 aliphatic carbocycles. The van der Waals surface area contributed by atoms with Crippen LogP contribution in [0.25, 0.3) is 10.9 Å². The molecule has 2 aromatic heterocycles. The van der Waals surface area contributed by atoms with Crippen LogP contribution in [0.5, 0.6) is 0 Å². The molecule has 0 unspecified atom stereocenters. The van der Waals surface area contributed by atoms with Crippen molar-refractivity contribution in [3.8, 4) is 6.07 Å². The smallest absolute Gasteiger partial charge is 0.325 e. The zero-order chi connectivity index (χ0) is 20.5. The Kier molecular flexibility index (Phi) is 4.98. The molecule has 0 radical (unpaired) electrons. The molecule has 148 valence electrons. The van der Waals surface area contributed by atoms with E-state index in [1.807, 2.05) is 24.5 Å². The Morgan fingerprint density at radius 3 is 2.76 bits per heavy atom. The number of nitrogens with zero attached hydrogens (tertiary/aromatic N) is 4. The number of anilines is 1. The first-order chi connectivity index (χ1) is 14.0. The normalized spacial score (nSPS) is 13.2. The highest BCUT2D eigenvalue weighted by molar-refractivity contribution is 5.95. The minimum absolute atomic E-state index is 0.134. The second-order valence-corrected chi connectivity index (χ2v) is 7.38. The van der Waals surface area contributed by atoms with Gasteiger partial charge in [-0.25, -0.2) is 4.98 Å². The minimum atomic E-state index is -0.271. The van der Waals surface area contributed by atoms with Crippen molar-refractivity contribution in [3.05, 3.63) is 58.4 Å². The van der Waals surface area contributed by atoms with Crippen LogP contribution in [0.4, 0.5) is 5.82 Å². The van der Waals surface area contributed by atoms with Crippen molar-refractivity contribution >= 4 is 22.7 Å². The Hall–Kier alpha value is -3.33. The Morgan fingerprint density at radius 2 is 2.03 bits per heavy atom. The van der Waals surface area contributed by atoms with Crippen LogP contribution in [0.2, 0.25) is 0 Å². The van der Waals surface area contributed by atoms with Crippen molar-refractivity contribution in [3.63, 3.8) is 0 Å². The third-order valence-corrected chi connectivity index (χ3v) is 5.73. The van der Waals surface area contributed by atoms with Crippen molar-refractivity contribution in [1.29, 1.82) is 5.26 Å². The number of carbonyl (C=O) groups excluding carboxylic acids is 1. The zero-order valence-electron chi connectivity index (χ0n) is 17.0. The third-order valence-electron chi connectivity index (χ3n) is 5.73. The van der Waals surface area contributed by atoms with Crippen LogP contribution in [0.1, 0.15) is 35.0 Å². The molecule has 0 fully saturated rings. The monoisotopic (exact) mass is 388 g/mol. The number of hydrogen-bond acceptors (Lipinski definition) is 5. The van der Waals surface area contributed by atoms with Crippen molar-refractivity contribution in [2.45, 2.75) is 40.3 Å². The maximum Gasteiger partial charge on any atom is 0.325 e. The number of nitriles is 1. The van der Waals surface area contributed by atoms with E-state index in [9.17, 15) is 10.1 Å². The van der Waals surface area contributed by atoms with E-state index < -0.39 is 0 Å². The van der Waals surface area contributed by atoms with E-state index in [1.54, 1.807) is 6.92 Å². The second kappa shape index (κ2) is 7.59. The van der Waals surface area contributed by atoms with E-state index in [1.165, 1.54) is 11.1 Å². The van der Waals surface area contributed by atoms with E-state index >= 15 is 0 Å². The summed E-state index contributed by atoms with van der Waals surface area (Å²) >= 11 is 0. The van der Waals surface area contributed by atoms with Gasteiger partial charge in [0.2, 0.25) is 0 Å². The summed E-state index contributed by atoms with van der Waals surface area (Å²) < 4.78 is 7.17. The van der Waals surface area contributed by atoms with Crippen LogP contribution in [0, 0.1) is 25.2 Å². The Morgan fingerprint density at radius 1 is 1.28 bits per heavy atom.